The smallest absolute Gasteiger partial charge is 0.00922 e. The first kappa shape index (κ1) is 9.13. The third-order valence-electron chi connectivity index (χ3n) is 1.92. The molecular weight excluding hydrogens is 144 g/mol. The molecule has 1 aliphatic rings. The summed E-state index contributed by atoms with van der Waals surface area (Å²) < 4.78 is 0. The molecule has 12 heavy (non-hydrogen) atoms. The van der Waals surface area contributed by atoms with Crippen LogP contribution in [0.4, 0.5) is 0 Å². The molecule has 0 spiro atoms. The fourth-order valence-electron chi connectivity index (χ4n) is 1.15. The molecule has 0 fully saturated rings. The number of hydrogen-bond acceptors (Lipinski definition) is 0. The molecule has 0 heteroatoms. The van der Waals surface area contributed by atoms with Crippen LogP contribution >= 0.6 is 0 Å². The predicted octanol–water partition coefficient (Wildman–Crippen LogP) is 3.46. The van der Waals surface area contributed by atoms with Gasteiger partial charge in [0.2, 0.25) is 0 Å². The maximum absolute atomic E-state index is 3.22. The molecule has 0 bridgehead atoms. The Morgan fingerprint density at radius 1 is 1.50 bits per heavy atom. The van der Waals surface area contributed by atoms with Crippen molar-refractivity contribution in [2.24, 2.45) is 0 Å². The molecule has 0 amide bonds. The van der Waals surface area contributed by atoms with Gasteiger partial charge in [-0.15, -0.1) is 0 Å². The zero-order valence-electron chi connectivity index (χ0n) is 7.77. The summed E-state index contributed by atoms with van der Waals surface area (Å²) in [5.41, 5.74) is 1.30. The molecule has 0 heterocycles. The van der Waals surface area contributed by atoms with Crippen molar-refractivity contribution in [1.82, 2.24) is 0 Å². The second-order valence-corrected chi connectivity index (χ2v) is 3.06. The Kier molecular flexibility index (Phi) is 4.31. The van der Waals surface area contributed by atoms with Gasteiger partial charge in [-0.3, -0.25) is 0 Å². The van der Waals surface area contributed by atoms with Gasteiger partial charge in [-0.2, -0.15) is 0 Å². The third-order valence-corrected chi connectivity index (χ3v) is 1.92. The van der Waals surface area contributed by atoms with Crippen LogP contribution in [0.1, 0.15) is 39.0 Å². The third kappa shape index (κ3) is 3.44. The highest BCUT2D eigenvalue weighted by atomic mass is 14.0. The van der Waals surface area contributed by atoms with Gasteiger partial charge >= 0.3 is 0 Å². The molecule has 0 aromatic carbocycles. The molecule has 0 atom stereocenters. The summed E-state index contributed by atoms with van der Waals surface area (Å²) >= 11 is 0. The van der Waals surface area contributed by atoms with Crippen LogP contribution in [0.25, 0.3) is 0 Å². The van der Waals surface area contributed by atoms with Gasteiger partial charge in [0.25, 0.3) is 0 Å². The quantitative estimate of drug-likeness (QED) is 0.428. The highest BCUT2D eigenvalue weighted by Crippen LogP contribution is 2.10. The SMILES string of the molecule is CCCCC#CC1=CC=CCC1. The zero-order valence-corrected chi connectivity index (χ0v) is 7.77. The molecule has 0 aliphatic heterocycles. The van der Waals surface area contributed by atoms with Gasteiger partial charge < -0.3 is 0 Å². The van der Waals surface area contributed by atoms with Crippen LogP contribution in [-0.4, -0.2) is 0 Å². The molecule has 0 unspecified atom stereocenters. The van der Waals surface area contributed by atoms with Crippen LogP contribution in [0.5, 0.6) is 0 Å². The van der Waals surface area contributed by atoms with E-state index in [-0.39, 0.29) is 0 Å². The lowest BCUT2D eigenvalue weighted by atomic mass is 10.1. The fraction of sp³-hybridized carbons (Fsp3) is 0.500. The number of rotatable bonds is 2. The summed E-state index contributed by atoms with van der Waals surface area (Å²) in [6.07, 6.45) is 12.2. The number of hydrogen-bond donors (Lipinski definition) is 0. The first-order valence-corrected chi connectivity index (χ1v) is 4.78. The lowest BCUT2D eigenvalue weighted by Gasteiger charge is -1.99. The summed E-state index contributed by atoms with van der Waals surface area (Å²) in [6.45, 7) is 2.20. The Hall–Kier alpha value is -0.960. The van der Waals surface area contributed by atoms with Crippen LogP contribution < -0.4 is 0 Å². The van der Waals surface area contributed by atoms with Crippen LogP contribution in [0.2, 0.25) is 0 Å². The zero-order chi connectivity index (χ0) is 8.65. The van der Waals surface area contributed by atoms with E-state index in [1.807, 2.05) is 0 Å². The monoisotopic (exact) mass is 160 g/mol. The van der Waals surface area contributed by atoms with Gasteiger partial charge in [-0.05, 0) is 19.3 Å². The van der Waals surface area contributed by atoms with E-state index in [1.165, 1.54) is 18.4 Å². The summed E-state index contributed by atoms with van der Waals surface area (Å²) in [5.74, 6) is 6.42. The molecule has 1 aliphatic carbocycles. The Labute approximate surface area is 75.4 Å². The molecule has 0 aromatic heterocycles. The van der Waals surface area contributed by atoms with Crippen LogP contribution in [0, 0.1) is 11.8 Å². The van der Waals surface area contributed by atoms with E-state index in [4.69, 9.17) is 0 Å². The molecule has 0 nitrogen and oxygen atoms in total. The highest BCUT2D eigenvalue weighted by molar-refractivity contribution is 5.34. The summed E-state index contributed by atoms with van der Waals surface area (Å²) in [6, 6.07) is 0. The van der Waals surface area contributed by atoms with E-state index < -0.39 is 0 Å². The van der Waals surface area contributed by atoms with Crippen molar-refractivity contribution >= 4 is 0 Å². The summed E-state index contributed by atoms with van der Waals surface area (Å²) in [5, 5.41) is 0. The second-order valence-electron chi connectivity index (χ2n) is 3.06. The maximum atomic E-state index is 3.22. The fourth-order valence-corrected chi connectivity index (χ4v) is 1.15. The molecule has 0 saturated carbocycles. The lowest BCUT2D eigenvalue weighted by molar-refractivity contribution is 0.827. The normalized spacial score (nSPS) is 14.9. The van der Waals surface area contributed by atoms with E-state index in [0.717, 1.165) is 19.3 Å². The van der Waals surface area contributed by atoms with Crippen molar-refractivity contribution in [3.05, 3.63) is 23.8 Å². The lowest BCUT2D eigenvalue weighted by Crippen LogP contribution is -1.82. The minimum Gasteiger partial charge on any atom is -0.0982 e. The van der Waals surface area contributed by atoms with Crippen molar-refractivity contribution in [2.75, 3.05) is 0 Å². The average molecular weight is 160 g/mol. The Bertz CT molecular complexity index is 232. The topological polar surface area (TPSA) is 0 Å². The van der Waals surface area contributed by atoms with Gasteiger partial charge in [0, 0.05) is 12.0 Å². The minimum absolute atomic E-state index is 1.05. The van der Waals surface area contributed by atoms with Gasteiger partial charge in [0.05, 0.1) is 0 Å². The first-order chi connectivity index (χ1) is 5.93. The second kappa shape index (κ2) is 5.66. The molecule has 0 N–H and O–H groups in total. The van der Waals surface area contributed by atoms with Crippen LogP contribution in [-0.2, 0) is 0 Å². The van der Waals surface area contributed by atoms with Gasteiger partial charge in [0.15, 0.2) is 0 Å². The summed E-state index contributed by atoms with van der Waals surface area (Å²) in [4.78, 5) is 0. The van der Waals surface area contributed by atoms with Crippen molar-refractivity contribution in [2.45, 2.75) is 39.0 Å². The predicted molar refractivity (Wildman–Crippen MR) is 53.8 cm³/mol. The van der Waals surface area contributed by atoms with Gasteiger partial charge in [-0.1, -0.05) is 43.4 Å². The van der Waals surface area contributed by atoms with E-state index in [9.17, 15) is 0 Å². The van der Waals surface area contributed by atoms with Gasteiger partial charge in [-0.25, -0.2) is 0 Å². The average Bonchev–Trinajstić information content (AvgIpc) is 2.14. The minimum atomic E-state index is 1.05. The first-order valence-electron chi connectivity index (χ1n) is 4.78. The largest absolute Gasteiger partial charge is 0.0982 e. The standard InChI is InChI=1S/C12H16/c1-2-3-4-6-9-12-10-7-5-8-11-12/h5,7,10H,2-4,8,11H2,1H3. The molecule has 0 aromatic rings. The van der Waals surface area contributed by atoms with Crippen molar-refractivity contribution in [3.8, 4) is 11.8 Å². The molecule has 64 valence electrons. The van der Waals surface area contributed by atoms with E-state index in [0.29, 0.717) is 0 Å². The van der Waals surface area contributed by atoms with Crippen molar-refractivity contribution < 1.29 is 0 Å². The molecule has 1 rings (SSSR count). The van der Waals surface area contributed by atoms with E-state index in [1.54, 1.807) is 0 Å². The maximum Gasteiger partial charge on any atom is 0.00922 e. The van der Waals surface area contributed by atoms with Gasteiger partial charge in [0.1, 0.15) is 0 Å². The van der Waals surface area contributed by atoms with Crippen molar-refractivity contribution in [3.63, 3.8) is 0 Å². The number of unbranched alkanes of at least 4 members (excludes halogenated alkanes) is 2. The van der Waals surface area contributed by atoms with E-state index >= 15 is 0 Å². The molecule has 0 radical (unpaired) electrons. The summed E-state index contributed by atoms with van der Waals surface area (Å²) in [7, 11) is 0. The van der Waals surface area contributed by atoms with E-state index in [2.05, 4.69) is 37.0 Å². The Morgan fingerprint density at radius 2 is 2.42 bits per heavy atom. The van der Waals surface area contributed by atoms with Crippen LogP contribution in [0.3, 0.4) is 0 Å². The highest BCUT2D eigenvalue weighted by Gasteiger charge is 1.93. The van der Waals surface area contributed by atoms with Crippen molar-refractivity contribution in [1.29, 1.82) is 0 Å². The molecular formula is C12H16. The number of allylic oxidation sites excluding steroid dienone is 4. The Morgan fingerprint density at radius 3 is 3.08 bits per heavy atom. The Balaban J connectivity index is 2.31. The van der Waals surface area contributed by atoms with Crippen LogP contribution in [0.15, 0.2) is 23.8 Å². The molecule has 0 saturated heterocycles.